The van der Waals surface area contributed by atoms with Crippen LogP contribution in [0.15, 0.2) is 15.9 Å². The van der Waals surface area contributed by atoms with Crippen LogP contribution in [0, 0.1) is 5.92 Å². The molecule has 1 saturated carbocycles. The number of hydrogen-bond acceptors (Lipinski definition) is 3. The van der Waals surface area contributed by atoms with Crippen molar-refractivity contribution in [3.8, 4) is 0 Å². The Morgan fingerprint density at radius 3 is 2.89 bits per heavy atom. The number of fused-ring (bicyclic) bond motifs is 4. The van der Waals surface area contributed by atoms with E-state index in [4.69, 9.17) is 4.74 Å². The molecule has 0 spiro atoms. The Morgan fingerprint density at radius 2 is 2.22 bits per heavy atom. The molecule has 1 aromatic heterocycles. The average Bonchev–Trinajstić information content (AvgIpc) is 2.63. The summed E-state index contributed by atoms with van der Waals surface area (Å²) >= 11 is 4.85. The van der Waals surface area contributed by atoms with Gasteiger partial charge in [-0.25, -0.2) is 0 Å². The van der Waals surface area contributed by atoms with Crippen molar-refractivity contribution in [1.29, 1.82) is 0 Å². The fraction of sp³-hybridized carbons (Fsp3) is 0.615. The first kappa shape index (κ1) is 12.6. The lowest BCUT2D eigenvalue weighted by atomic mass is 10.00. The van der Waals surface area contributed by atoms with E-state index < -0.39 is 0 Å². The van der Waals surface area contributed by atoms with Crippen LogP contribution in [-0.4, -0.2) is 24.7 Å². The molecule has 3 nitrogen and oxygen atoms in total. The SMILES string of the molecule is O=C(NC1CCC2CCC1OC2)c1cc(Br)cs1. The summed E-state index contributed by atoms with van der Waals surface area (Å²) in [5, 5.41) is 5.08. The van der Waals surface area contributed by atoms with Crippen molar-refractivity contribution in [3.05, 3.63) is 20.8 Å². The molecule has 2 bridgehead atoms. The number of nitrogens with one attached hydrogen (secondary N) is 1. The highest BCUT2D eigenvalue weighted by molar-refractivity contribution is 9.10. The van der Waals surface area contributed by atoms with E-state index in [1.54, 1.807) is 0 Å². The zero-order valence-corrected chi connectivity index (χ0v) is 12.4. The summed E-state index contributed by atoms with van der Waals surface area (Å²) in [6, 6.07) is 2.06. The zero-order valence-electron chi connectivity index (χ0n) is 10.0. The van der Waals surface area contributed by atoms with E-state index >= 15 is 0 Å². The molecule has 0 aromatic carbocycles. The van der Waals surface area contributed by atoms with E-state index in [1.165, 1.54) is 24.2 Å². The number of ether oxygens (including phenoxy) is 1. The van der Waals surface area contributed by atoms with Crippen LogP contribution < -0.4 is 5.32 Å². The summed E-state index contributed by atoms with van der Waals surface area (Å²) in [6.07, 6.45) is 4.78. The number of hydrogen-bond donors (Lipinski definition) is 1. The number of amides is 1. The van der Waals surface area contributed by atoms with Crippen LogP contribution in [0.2, 0.25) is 0 Å². The van der Waals surface area contributed by atoms with E-state index in [-0.39, 0.29) is 18.1 Å². The first-order valence-corrected chi connectivity index (χ1v) is 8.06. The maximum absolute atomic E-state index is 12.1. The zero-order chi connectivity index (χ0) is 12.5. The van der Waals surface area contributed by atoms with Crippen LogP contribution in [0.4, 0.5) is 0 Å². The van der Waals surface area contributed by atoms with Crippen LogP contribution in [0.3, 0.4) is 0 Å². The van der Waals surface area contributed by atoms with Gasteiger partial charge in [0, 0.05) is 16.5 Å². The van der Waals surface area contributed by atoms with E-state index in [0.717, 1.165) is 28.8 Å². The maximum Gasteiger partial charge on any atom is 0.261 e. The third kappa shape index (κ3) is 2.63. The Morgan fingerprint density at radius 1 is 1.39 bits per heavy atom. The van der Waals surface area contributed by atoms with E-state index in [2.05, 4.69) is 21.2 Å². The van der Waals surface area contributed by atoms with Gasteiger partial charge in [0.05, 0.1) is 17.0 Å². The second kappa shape index (κ2) is 5.31. The van der Waals surface area contributed by atoms with Crippen molar-refractivity contribution in [2.24, 2.45) is 5.92 Å². The van der Waals surface area contributed by atoms with Crippen molar-refractivity contribution in [2.75, 3.05) is 6.61 Å². The van der Waals surface area contributed by atoms with Gasteiger partial charge in [-0.05, 0) is 53.6 Å². The molecule has 2 aliphatic heterocycles. The Bertz CT molecular complexity index is 440. The van der Waals surface area contributed by atoms with Gasteiger partial charge < -0.3 is 10.1 Å². The molecular weight excluding hydrogens is 314 g/mol. The van der Waals surface area contributed by atoms with E-state index in [1.807, 2.05) is 11.4 Å². The molecule has 3 heterocycles. The van der Waals surface area contributed by atoms with Crippen molar-refractivity contribution >= 4 is 33.2 Å². The van der Waals surface area contributed by atoms with Crippen LogP contribution in [0.1, 0.15) is 35.4 Å². The van der Waals surface area contributed by atoms with E-state index in [9.17, 15) is 4.79 Å². The van der Waals surface area contributed by atoms with Gasteiger partial charge in [-0.1, -0.05) is 0 Å². The first-order chi connectivity index (χ1) is 8.72. The van der Waals surface area contributed by atoms with Gasteiger partial charge in [0.25, 0.3) is 5.91 Å². The predicted molar refractivity (Wildman–Crippen MR) is 75.0 cm³/mol. The number of rotatable bonds is 2. The summed E-state index contributed by atoms with van der Waals surface area (Å²) in [4.78, 5) is 12.9. The molecule has 1 N–H and O–H groups in total. The van der Waals surface area contributed by atoms with Crippen molar-refractivity contribution in [1.82, 2.24) is 5.32 Å². The highest BCUT2D eigenvalue weighted by atomic mass is 79.9. The second-order valence-electron chi connectivity index (χ2n) is 5.10. The third-order valence-corrected chi connectivity index (χ3v) is 5.54. The summed E-state index contributed by atoms with van der Waals surface area (Å²) in [7, 11) is 0. The maximum atomic E-state index is 12.1. The molecule has 3 aliphatic rings. The van der Waals surface area contributed by atoms with Crippen molar-refractivity contribution in [2.45, 2.75) is 37.8 Å². The van der Waals surface area contributed by atoms with Gasteiger partial charge in [-0.3, -0.25) is 4.79 Å². The molecule has 4 rings (SSSR count). The minimum Gasteiger partial charge on any atom is -0.376 e. The normalized spacial score (nSPS) is 31.1. The molecule has 18 heavy (non-hydrogen) atoms. The summed E-state index contributed by atoms with van der Waals surface area (Å²) in [6.45, 7) is 0.877. The fourth-order valence-electron chi connectivity index (χ4n) is 2.81. The Labute approximate surface area is 119 Å². The molecule has 3 atom stereocenters. The van der Waals surface area contributed by atoms with Gasteiger partial charge >= 0.3 is 0 Å². The van der Waals surface area contributed by atoms with Crippen LogP contribution in [-0.2, 0) is 4.74 Å². The quantitative estimate of drug-likeness (QED) is 0.904. The number of thiophene rings is 1. The van der Waals surface area contributed by atoms with Gasteiger partial charge in [-0.15, -0.1) is 11.3 Å². The van der Waals surface area contributed by atoms with Crippen molar-refractivity contribution < 1.29 is 9.53 Å². The van der Waals surface area contributed by atoms with Crippen LogP contribution >= 0.6 is 27.3 Å². The predicted octanol–water partition coefficient (Wildman–Crippen LogP) is 3.20. The third-order valence-electron chi connectivity index (χ3n) is 3.85. The molecule has 0 radical (unpaired) electrons. The fourth-order valence-corrected chi connectivity index (χ4v) is 4.14. The Kier molecular flexibility index (Phi) is 3.73. The number of halogens is 1. The minimum absolute atomic E-state index is 0.0321. The number of carbonyl (C=O) groups excluding carboxylic acids is 1. The minimum atomic E-state index is 0.0321. The average molecular weight is 330 g/mol. The molecule has 98 valence electrons. The highest BCUT2D eigenvalue weighted by Gasteiger charge is 2.34. The highest BCUT2D eigenvalue weighted by Crippen LogP contribution is 2.31. The lowest BCUT2D eigenvalue weighted by Crippen LogP contribution is -2.44. The molecule has 1 amide bonds. The largest absolute Gasteiger partial charge is 0.376 e. The molecule has 3 fully saturated rings. The monoisotopic (exact) mass is 329 g/mol. The lowest BCUT2D eigenvalue weighted by Gasteiger charge is -2.28. The second-order valence-corrected chi connectivity index (χ2v) is 6.93. The standard InChI is InChI=1S/C13H16BrNO2S/c14-9-5-12(18-7-9)13(16)15-10-3-1-8-2-4-11(10)17-6-8/h5,7-8,10-11H,1-4,6H2,(H,15,16). The Balaban J connectivity index is 1.66. The first-order valence-electron chi connectivity index (χ1n) is 6.39. The molecule has 5 heteroatoms. The Hall–Kier alpha value is -0.390. The number of carbonyl (C=O) groups is 1. The van der Waals surface area contributed by atoms with E-state index in [0.29, 0.717) is 5.92 Å². The molecule has 2 saturated heterocycles. The van der Waals surface area contributed by atoms with Gasteiger partial charge in [-0.2, -0.15) is 0 Å². The summed E-state index contributed by atoms with van der Waals surface area (Å²) < 4.78 is 6.80. The smallest absolute Gasteiger partial charge is 0.261 e. The van der Waals surface area contributed by atoms with Crippen LogP contribution in [0.25, 0.3) is 0 Å². The van der Waals surface area contributed by atoms with Gasteiger partial charge in [0.2, 0.25) is 0 Å². The van der Waals surface area contributed by atoms with Crippen molar-refractivity contribution in [3.63, 3.8) is 0 Å². The molecule has 3 unspecified atom stereocenters. The molecule has 1 aromatic rings. The topological polar surface area (TPSA) is 38.3 Å². The van der Waals surface area contributed by atoms with Crippen LogP contribution in [0.5, 0.6) is 0 Å². The molecule has 1 aliphatic carbocycles. The summed E-state index contributed by atoms with van der Waals surface area (Å²) in [5.74, 6) is 0.740. The van der Waals surface area contributed by atoms with Gasteiger partial charge in [0.15, 0.2) is 0 Å². The lowest BCUT2D eigenvalue weighted by molar-refractivity contribution is -0.0142. The molecular formula is C13H16BrNO2S. The van der Waals surface area contributed by atoms with Gasteiger partial charge in [0.1, 0.15) is 0 Å². The summed E-state index contributed by atoms with van der Waals surface area (Å²) in [5.41, 5.74) is 0.